The number of nitrogens with zero attached hydrogens (tertiary/aromatic N) is 1. The molecule has 0 bridgehead atoms. The molecule has 3 aromatic heterocycles. The maximum absolute atomic E-state index is 12.3. The third-order valence-corrected chi connectivity index (χ3v) is 5.09. The number of carbonyl (C=O) groups is 1. The van der Waals surface area contributed by atoms with Crippen molar-refractivity contribution < 1.29 is 13.9 Å². The van der Waals surface area contributed by atoms with Crippen molar-refractivity contribution in [1.82, 2.24) is 9.97 Å². The highest BCUT2D eigenvalue weighted by Gasteiger charge is 2.21. The highest BCUT2D eigenvalue weighted by molar-refractivity contribution is 7.18. The van der Waals surface area contributed by atoms with Crippen LogP contribution in [0.3, 0.4) is 0 Å². The van der Waals surface area contributed by atoms with E-state index in [1.807, 2.05) is 13.8 Å². The Hall–Kier alpha value is -2.41. The fourth-order valence-electron chi connectivity index (χ4n) is 2.58. The quantitative estimate of drug-likeness (QED) is 0.730. The fraction of sp³-hybridized carbons (Fsp3) is 0.353. The van der Waals surface area contributed by atoms with Crippen molar-refractivity contribution in [1.29, 1.82) is 0 Å². The van der Waals surface area contributed by atoms with Gasteiger partial charge in [0.2, 0.25) is 0 Å². The summed E-state index contributed by atoms with van der Waals surface area (Å²) in [5.41, 5.74) is 1.10. The maximum atomic E-state index is 12.3. The Bertz CT molecular complexity index is 996. The smallest absolute Gasteiger partial charge is 0.342 e. The molecular formula is C17H18N2O4S. The zero-order chi connectivity index (χ0) is 17.6. The van der Waals surface area contributed by atoms with E-state index in [9.17, 15) is 9.59 Å². The molecule has 7 heteroatoms. The second-order valence-corrected chi connectivity index (χ2v) is 6.99. The normalized spacial score (nSPS) is 12.5. The number of rotatable bonds is 3. The summed E-state index contributed by atoms with van der Waals surface area (Å²) in [7, 11) is 0. The summed E-state index contributed by atoms with van der Waals surface area (Å²) in [6.45, 7) is 9.00. The van der Waals surface area contributed by atoms with Crippen LogP contribution in [-0.4, -0.2) is 15.9 Å². The molecule has 0 aliphatic carbocycles. The summed E-state index contributed by atoms with van der Waals surface area (Å²) >= 11 is 1.46. The highest BCUT2D eigenvalue weighted by atomic mass is 32.1. The number of aryl methyl sites for hydroxylation is 4. The molecule has 3 rings (SSSR count). The molecule has 0 amide bonds. The number of fused-ring (bicyclic) bond motifs is 1. The Morgan fingerprint density at radius 3 is 2.67 bits per heavy atom. The molecule has 0 saturated heterocycles. The first-order valence-corrected chi connectivity index (χ1v) is 8.37. The van der Waals surface area contributed by atoms with Crippen LogP contribution in [0.15, 0.2) is 15.3 Å². The van der Waals surface area contributed by atoms with Crippen LogP contribution in [0.25, 0.3) is 10.2 Å². The molecule has 0 aromatic carbocycles. The number of aromatic amines is 1. The van der Waals surface area contributed by atoms with Gasteiger partial charge in [-0.05, 0) is 46.2 Å². The standard InChI is InChI=1S/C17H18N2O4S/c1-7-6-12(9(3)22-7)17(21)23-10(4)14-18-15(20)13-8(2)11(5)24-16(13)19-14/h6,10H,1-5H3,(H,18,19,20)/t10-/m0/s1. The van der Waals surface area contributed by atoms with Gasteiger partial charge in [0.15, 0.2) is 11.9 Å². The SMILES string of the molecule is Cc1cc(C(=O)O[C@@H](C)c2nc3sc(C)c(C)c3c(=O)[nH]2)c(C)o1. The predicted molar refractivity (Wildman–Crippen MR) is 91.7 cm³/mol. The summed E-state index contributed by atoms with van der Waals surface area (Å²) in [5, 5.41) is 0.598. The molecule has 3 aromatic rings. The Balaban J connectivity index is 1.91. The van der Waals surface area contributed by atoms with E-state index >= 15 is 0 Å². The second kappa shape index (κ2) is 5.90. The van der Waals surface area contributed by atoms with Crippen molar-refractivity contribution >= 4 is 27.5 Å². The molecule has 0 spiro atoms. The van der Waals surface area contributed by atoms with E-state index in [1.54, 1.807) is 26.8 Å². The minimum absolute atomic E-state index is 0.213. The minimum Gasteiger partial charge on any atom is -0.466 e. The van der Waals surface area contributed by atoms with Crippen LogP contribution in [-0.2, 0) is 4.74 Å². The number of ether oxygens (including phenoxy) is 1. The molecule has 126 valence electrons. The fourth-order valence-corrected chi connectivity index (χ4v) is 3.61. The molecule has 1 atom stereocenters. The number of furan rings is 1. The minimum atomic E-state index is -0.674. The van der Waals surface area contributed by atoms with Gasteiger partial charge in [-0.15, -0.1) is 11.3 Å². The first-order valence-electron chi connectivity index (χ1n) is 7.56. The Morgan fingerprint density at radius 1 is 1.33 bits per heavy atom. The number of hydrogen-bond acceptors (Lipinski definition) is 6. The first-order chi connectivity index (χ1) is 11.3. The van der Waals surface area contributed by atoms with Crippen LogP contribution >= 0.6 is 11.3 Å². The third-order valence-electron chi connectivity index (χ3n) is 3.99. The zero-order valence-electron chi connectivity index (χ0n) is 14.1. The molecule has 0 fully saturated rings. The summed E-state index contributed by atoms with van der Waals surface area (Å²) in [5.74, 6) is 0.980. The van der Waals surface area contributed by atoms with Crippen molar-refractivity contribution in [3.63, 3.8) is 0 Å². The molecular weight excluding hydrogens is 328 g/mol. The number of esters is 1. The number of thiophene rings is 1. The van der Waals surface area contributed by atoms with Crippen molar-refractivity contribution in [2.45, 2.75) is 40.7 Å². The van der Waals surface area contributed by atoms with Crippen molar-refractivity contribution in [2.24, 2.45) is 0 Å². The van der Waals surface area contributed by atoms with Crippen molar-refractivity contribution in [3.8, 4) is 0 Å². The molecule has 3 heterocycles. The van der Waals surface area contributed by atoms with Crippen LogP contribution in [0, 0.1) is 27.7 Å². The third kappa shape index (κ3) is 2.75. The molecule has 0 saturated carbocycles. The first kappa shape index (κ1) is 16.4. The van der Waals surface area contributed by atoms with Gasteiger partial charge in [-0.2, -0.15) is 0 Å². The maximum Gasteiger partial charge on any atom is 0.342 e. The molecule has 0 aliphatic heterocycles. The van der Waals surface area contributed by atoms with Gasteiger partial charge in [-0.3, -0.25) is 4.79 Å². The van der Waals surface area contributed by atoms with E-state index in [1.165, 1.54) is 11.3 Å². The highest BCUT2D eigenvalue weighted by Crippen LogP contribution is 2.27. The van der Waals surface area contributed by atoms with E-state index < -0.39 is 12.1 Å². The summed E-state index contributed by atoms with van der Waals surface area (Å²) in [4.78, 5) is 33.5. The molecule has 0 unspecified atom stereocenters. The molecule has 0 aliphatic rings. The van der Waals surface area contributed by atoms with Gasteiger partial charge < -0.3 is 14.1 Å². The van der Waals surface area contributed by atoms with Gasteiger partial charge in [0.05, 0.1) is 5.39 Å². The largest absolute Gasteiger partial charge is 0.466 e. The molecule has 6 nitrogen and oxygen atoms in total. The van der Waals surface area contributed by atoms with Crippen LogP contribution in [0.4, 0.5) is 0 Å². The topological polar surface area (TPSA) is 85.2 Å². The monoisotopic (exact) mass is 346 g/mol. The Labute approximate surface area is 142 Å². The van der Waals surface area contributed by atoms with Gasteiger partial charge in [0.25, 0.3) is 5.56 Å². The van der Waals surface area contributed by atoms with Gasteiger partial charge in [-0.25, -0.2) is 9.78 Å². The summed E-state index contributed by atoms with van der Waals surface area (Å²) in [6.07, 6.45) is -0.674. The number of hydrogen-bond donors (Lipinski definition) is 1. The average Bonchev–Trinajstić information content (AvgIpc) is 2.98. The predicted octanol–water partition coefficient (Wildman–Crippen LogP) is 3.73. The van der Waals surface area contributed by atoms with Gasteiger partial charge in [0.1, 0.15) is 21.9 Å². The number of nitrogens with one attached hydrogen (secondary N) is 1. The lowest BCUT2D eigenvalue weighted by Crippen LogP contribution is -2.17. The lowest BCUT2D eigenvalue weighted by molar-refractivity contribution is 0.0318. The van der Waals surface area contributed by atoms with Gasteiger partial charge >= 0.3 is 5.97 Å². The summed E-state index contributed by atoms with van der Waals surface area (Å²) < 4.78 is 10.8. The van der Waals surface area contributed by atoms with Crippen LogP contribution in [0.5, 0.6) is 0 Å². The van der Waals surface area contributed by atoms with Gasteiger partial charge in [0, 0.05) is 4.88 Å². The number of carbonyl (C=O) groups excluding carboxylic acids is 1. The van der Waals surface area contributed by atoms with Crippen molar-refractivity contribution in [3.05, 3.63) is 49.8 Å². The van der Waals surface area contributed by atoms with E-state index in [0.29, 0.717) is 33.1 Å². The summed E-state index contributed by atoms with van der Waals surface area (Å²) in [6, 6.07) is 1.63. The average molecular weight is 346 g/mol. The van der Waals surface area contributed by atoms with E-state index in [-0.39, 0.29) is 5.56 Å². The lowest BCUT2D eigenvalue weighted by Gasteiger charge is -2.12. The van der Waals surface area contributed by atoms with Crippen LogP contribution in [0.1, 0.15) is 51.2 Å². The van der Waals surface area contributed by atoms with Crippen LogP contribution in [0.2, 0.25) is 0 Å². The number of H-pyrrole nitrogens is 1. The van der Waals surface area contributed by atoms with Crippen LogP contribution < -0.4 is 5.56 Å². The molecule has 0 radical (unpaired) electrons. The Kier molecular flexibility index (Phi) is 4.04. The van der Waals surface area contributed by atoms with Crippen molar-refractivity contribution in [2.75, 3.05) is 0 Å². The number of aromatic nitrogens is 2. The second-order valence-electron chi connectivity index (χ2n) is 5.79. The molecule has 1 N–H and O–H groups in total. The van der Waals surface area contributed by atoms with Gasteiger partial charge in [-0.1, -0.05) is 0 Å². The van der Waals surface area contributed by atoms with E-state index in [2.05, 4.69) is 9.97 Å². The van der Waals surface area contributed by atoms with E-state index in [0.717, 1.165) is 10.4 Å². The lowest BCUT2D eigenvalue weighted by atomic mass is 10.2. The Morgan fingerprint density at radius 2 is 2.04 bits per heavy atom. The zero-order valence-corrected chi connectivity index (χ0v) is 15.0. The van der Waals surface area contributed by atoms with E-state index in [4.69, 9.17) is 9.15 Å². The molecule has 24 heavy (non-hydrogen) atoms.